The Hall–Kier alpha value is -1.94. The van der Waals surface area contributed by atoms with Gasteiger partial charge in [0.15, 0.2) is 0 Å². The fourth-order valence-electron chi connectivity index (χ4n) is 2.14. The molecular formula is C17H18F2O2. The van der Waals surface area contributed by atoms with Gasteiger partial charge in [-0.2, -0.15) is 8.78 Å². The minimum atomic E-state index is -2.84. The molecule has 0 saturated carbocycles. The summed E-state index contributed by atoms with van der Waals surface area (Å²) in [4.78, 5) is 0. The van der Waals surface area contributed by atoms with E-state index in [1.165, 1.54) is 23.3 Å². The van der Waals surface area contributed by atoms with Crippen LogP contribution in [0.4, 0.5) is 8.78 Å². The molecule has 4 heteroatoms. The molecule has 0 aliphatic carbocycles. The molecule has 1 atom stereocenters. The van der Waals surface area contributed by atoms with Crippen LogP contribution in [0.3, 0.4) is 0 Å². The molecule has 0 fully saturated rings. The van der Waals surface area contributed by atoms with Crippen LogP contribution in [0, 0.1) is 13.8 Å². The van der Waals surface area contributed by atoms with E-state index in [1.807, 2.05) is 32.0 Å². The highest BCUT2D eigenvalue weighted by Gasteiger charge is 2.10. The molecule has 0 bridgehead atoms. The number of hydrogen-bond acceptors (Lipinski definition) is 2. The second kappa shape index (κ2) is 6.68. The van der Waals surface area contributed by atoms with E-state index in [0.29, 0.717) is 12.0 Å². The van der Waals surface area contributed by atoms with E-state index in [4.69, 9.17) is 0 Å². The van der Waals surface area contributed by atoms with Gasteiger partial charge in [-0.25, -0.2) is 0 Å². The topological polar surface area (TPSA) is 29.5 Å². The summed E-state index contributed by atoms with van der Waals surface area (Å²) in [7, 11) is 0. The Kier molecular flexibility index (Phi) is 4.91. The molecule has 1 N–H and O–H groups in total. The third kappa shape index (κ3) is 4.26. The van der Waals surface area contributed by atoms with E-state index < -0.39 is 12.7 Å². The minimum absolute atomic E-state index is 0.0899. The van der Waals surface area contributed by atoms with Gasteiger partial charge in [-0.3, -0.25) is 0 Å². The van der Waals surface area contributed by atoms with Crippen LogP contribution in [-0.4, -0.2) is 11.7 Å². The molecule has 0 amide bonds. The van der Waals surface area contributed by atoms with Crippen molar-refractivity contribution in [3.8, 4) is 5.75 Å². The molecule has 0 aromatic heterocycles. The van der Waals surface area contributed by atoms with Crippen LogP contribution in [-0.2, 0) is 6.42 Å². The summed E-state index contributed by atoms with van der Waals surface area (Å²) in [5, 5.41) is 10.2. The zero-order valence-electron chi connectivity index (χ0n) is 12.0. The lowest BCUT2D eigenvalue weighted by Crippen LogP contribution is -2.04. The number of hydrogen-bond donors (Lipinski definition) is 1. The summed E-state index contributed by atoms with van der Waals surface area (Å²) in [5.74, 6) is 0.0899. The predicted molar refractivity (Wildman–Crippen MR) is 77.7 cm³/mol. The summed E-state index contributed by atoms with van der Waals surface area (Å²) in [6.45, 7) is 1.23. The monoisotopic (exact) mass is 292 g/mol. The van der Waals surface area contributed by atoms with Gasteiger partial charge in [-0.05, 0) is 48.2 Å². The first-order chi connectivity index (χ1) is 9.95. The highest BCUT2D eigenvalue weighted by molar-refractivity contribution is 5.33. The number of halogens is 2. The summed E-state index contributed by atoms with van der Waals surface area (Å²) < 4.78 is 28.4. The van der Waals surface area contributed by atoms with Crippen LogP contribution in [0.2, 0.25) is 0 Å². The second-order valence-electron chi connectivity index (χ2n) is 5.09. The number of aliphatic hydroxyl groups excluding tert-OH is 1. The zero-order chi connectivity index (χ0) is 15.4. The Balaban J connectivity index is 2.05. The average Bonchev–Trinajstić information content (AvgIpc) is 2.43. The molecule has 0 saturated heterocycles. The number of aliphatic hydroxyl groups is 1. The van der Waals surface area contributed by atoms with Crippen LogP contribution in [0.1, 0.15) is 28.4 Å². The Bertz CT molecular complexity index is 594. The van der Waals surface area contributed by atoms with E-state index >= 15 is 0 Å². The summed E-state index contributed by atoms with van der Waals surface area (Å²) >= 11 is 0. The zero-order valence-corrected chi connectivity index (χ0v) is 12.0. The Labute approximate surface area is 123 Å². The lowest BCUT2D eigenvalue weighted by atomic mass is 9.98. The van der Waals surface area contributed by atoms with Gasteiger partial charge >= 0.3 is 6.61 Å². The van der Waals surface area contributed by atoms with Crippen molar-refractivity contribution in [3.05, 3.63) is 64.7 Å². The highest BCUT2D eigenvalue weighted by atomic mass is 19.3. The smallest absolute Gasteiger partial charge is 0.387 e. The number of ether oxygens (including phenoxy) is 1. The maximum Gasteiger partial charge on any atom is 0.387 e. The lowest BCUT2D eigenvalue weighted by molar-refractivity contribution is -0.0498. The normalized spacial score (nSPS) is 12.5. The minimum Gasteiger partial charge on any atom is -0.435 e. The van der Waals surface area contributed by atoms with Gasteiger partial charge in [0.1, 0.15) is 5.75 Å². The summed E-state index contributed by atoms with van der Waals surface area (Å²) in [6.07, 6.45) is -0.191. The van der Waals surface area contributed by atoms with Crippen molar-refractivity contribution in [3.63, 3.8) is 0 Å². The molecule has 2 aromatic carbocycles. The largest absolute Gasteiger partial charge is 0.435 e. The average molecular weight is 292 g/mol. The Morgan fingerprint density at radius 3 is 2.24 bits per heavy atom. The van der Waals surface area contributed by atoms with Crippen LogP contribution >= 0.6 is 0 Å². The Morgan fingerprint density at radius 1 is 1.00 bits per heavy atom. The molecule has 21 heavy (non-hydrogen) atoms. The molecule has 112 valence electrons. The van der Waals surface area contributed by atoms with Gasteiger partial charge in [0.25, 0.3) is 0 Å². The third-order valence-corrected chi connectivity index (χ3v) is 3.49. The lowest BCUT2D eigenvalue weighted by Gasteiger charge is -2.13. The molecular weight excluding hydrogens is 274 g/mol. The highest BCUT2D eigenvalue weighted by Crippen LogP contribution is 2.23. The van der Waals surface area contributed by atoms with Crippen molar-refractivity contribution in [1.29, 1.82) is 0 Å². The van der Waals surface area contributed by atoms with Gasteiger partial charge in [0.2, 0.25) is 0 Å². The molecule has 2 rings (SSSR count). The molecule has 0 aliphatic rings. The first kappa shape index (κ1) is 15.4. The first-order valence-electron chi connectivity index (χ1n) is 6.74. The van der Waals surface area contributed by atoms with Crippen LogP contribution in [0.25, 0.3) is 0 Å². The third-order valence-electron chi connectivity index (χ3n) is 3.49. The van der Waals surface area contributed by atoms with E-state index in [-0.39, 0.29) is 5.75 Å². The van der Waals surface area contributed by atoms with E-state index in [9.17, 15) is 13.9 Å². The molecule has 1 unspecified atom stereocenters. The number of rotatable bonds is 5. The number of aryl methyl sites for hydroxylation is 2. The fourth-order valence-corrected chi connectivity index (χ4v) is 2.14. The van der Waals surface area contributed by atoms with Crippen LogP contribution < -0.4 is 4.74 Å². The van der Waals surface area contributed by atoms with Crippen molar-refractivity contribution in [2.45, 2.75) is 33.0 Å². The van der Waals surface area contributed by atoms with Gasteiger partial charge in [-0.15, -0.1) is 0 Å². The quantitative estimate of drug-likeness (QED) is 0.895. The predicted octanol–water partition coefficient (Wildman–Crippen LogP) is 4.18. The van der Waals surface area contributed by atoms with Crippen molar-refractivity contribution in [2.75, 3.05) is 0 Å². The SMILES string of the molecule is Cc1ccc(CC(O)c2ccc(OC(F)F)cc2)cc1C. The van der Waals surface area contributed by atoms with Crippen molar-refractivity contribution >= 4 is 0 Å². The molecule has 0 spiro atoms. The van der Waals surface area contributed by atoms with Crippen LogP contribution in [0.15, 0.2) is 42.5 Å². The van der Waals surface area contributed by atoms with Gasteiger partial charge in [-0.1, -0.05) is 30.3 Å². The number of benzene rings is 2. The first-order valence-corrected chi connectivity index (χ1v) is 6.74. The second-order valence-corrected chi connectivity index (χ2v) is 5.09. The molecule has 2 nitrogen and oxygen atoms in total. The maximum atomic E-state index is 12.1. The van der Waals surface area contributed by atoms with E-state index in [2.05, 4.69) is 4.74 Å². The maximum absolute atomic E-state index is 12.1. The standard InChI is InChI=1S/C17H18F2O2/c1-11-3-4-13(9-12(11)2)10-16(20)14-5-7-15(8-6-14)21-17(18)19/h3-9,16-17,20H,10H2,1-2H3. The van der Waals surface area contributed by atoms with Crippen LogP contribution in [0.5, 0.6) is 5.75 Å². The fraction of sp³-hybridized carbons (Fsp3) is 0.294. The van der Waals surface area contributed by atoms with Gasteiger partial charge < -0.3 is 9.84 Å². The van der Waals surface area contributed by atoms with Crippen molar-refractivity contribution < 1.29 is 18.6 Å². The van der Waals surface area contributed by atoms with E-state index in [0.717, 1.165) is 5.56 Å². The molecule has 0 radical (unpaired) electrons. The van der Waals surface area contributed by atoms with Crippen molar-refractivity contribution in [1.82, 2.24) is 0 Å². The van der Waals surface area contributed by atoms with E-state index in [1.54, 1.807) is 12.1 Å². The van der Waals surface area contributed by atoms with Gasteiger partial charge in [0.05, 0.1) is 6.10 Å². The summed E-state index contributed by atoms with van der Waals surface area (Å²) in [5.41, 5.74) is 4.11. The number of alkyl halides is 2. The molecule has 2 aromatic rings. The van der Waals surface area contributed by atoms with Crippen molar-refractivity contribution in [2.24, 2.45) is 0 Å². The van der Waals surface area contributed by atoms with Gasteiger partial charge in [0, 0.05) is 6.42 Å². The Morgan fingerprint density at radius 2 is 1.67 bits per heavy atom. The summed E-state index contributed by atoms with van der Waals surface area (Å²) in [6, 6.07) is 12.1. The molecule has 0 aliphatic heterocycles. The molecule has 0 heterocycles.